The highest BCUT2D eigenvalue weighted by Gasteiger charge is 2.19. The normalized spacial score (nSPS) is 12.3. The lowest BCUT2D eigenvalue weighted by atomic mass is 10.1. The van der Waals surface area contributed by atoms with Gasteiger partial charge in [0.2, 0.25) is 0 Å². The Morgan fingerprint density at radius 2 is 0.514 bits per heavy atom. The molecule has 0 N–H and O–H groups in total. The number of rotatable bonds is 56. The van der Waals surface area contributed by atoms with E-state index in [1.807, 2.05) is 0 Å². The first-order valence-corrected chi connectivity index (χ1v) is 30.6. The van der Waals surface area contributed by atoms with Crippen LogP contribution in [0.3, 0.4) is 0 Å². The van der Waals surface area contributed by atoms with Crippen LogP contribution in [0.4, 0.5) is 0 Å². The summed E-state index contributed by atoms with van der Waals surface area (Å²) in [6.07, 6.45) is 72.4. The highest BCUT2D eigenvalue weighted by atomic mass is 16.6. The molecule has 0 saturated heterocycles. The second-order valence-electron chi connectivity index (χ2n) is 20.6. The lowest BCUT2D eigenvalue weighted by Gasteiger charge is -2.18. The van der Waals surface area contributed by atoms with Crippen LogP contribution in [-0.2, 0) is 28.6 Å². The highest BCUT2D eigenvalue weighted by molar-refractivity contribution is 5.71. The Hall–Kier alpha value is -2.63. The minimum atomic E-state index is -0.780. The van der Waals surface area contributed by atoms with Crippen LogP contribution in [0.15, 0.2) is 48.6 Å². The van der Waals surface area contributed by atoms with Crippen molar-refractivity contribution in [3.05, 3.63) is 48.6 Å². The summed E-state index contributed by atoms with van der Waals surface area (Å²) in [4.78, 5) is 38.2. The fourth-order valence-electron chi connectivity index (χ4n) is 8.88. The molecule has 1 atom stereocenters. The zero-order chi connectivity index (χ0) is 50.7. The molecule has 0 radical (unpaired) electrons. The molecule has 0 aliphatic rings. The van der Waals surface area contributed by atoms with E-state index in [1.54, 1.807) is 0 Å². The van der Waals surface area contributed by atoms with E-state index in [1.165, 1.54) is 212 Å². The topological polar surface area (TPSA) is 78.9 Å². The smallest absolute Gasteiger partial charge is 0.306 e. The van der Waals surface area contributed by atoms with Crippen molar-refractivity contribution in [2.45, 2.75) is 329 Å². The average Bonchev–Trinajstić information content (AvgIpc) is 3.36. The van der Waals surface area contributed by atoms with Gasteiger partial charge >= 0.3 is 17.9 Å². The number of carbonyl (C=O) groups is 3. The maximum atomic E-state index is 12.9. The molecule has 0 amide bonds. The van der Waals surface area contributed by atoms with Crippen LogP contribution in [0.1, 0.15) is 323 Å². The number of hydrogen-bond acceptors (Lipinski definition) is 6. The molecule has 70 heavy (non-hydrogen) atoms. The van der Waals surface area contributed by atoms with Crippen LogP contribution in [-0.4, -0.2) is 37.2 Å². The largest absolute Gasteiger partial charge is 0.462 e. The molecule has 1 unspecified atom stereocenters. The van der Waals surface area contributed by atoms with E-state index >= 15 is 0 Å². The zero-order valence-corrected chi connectivity index (χ0v) is 46.8. The van der Waals surface area contributed by atoms with E-state index < -0.39 is 6.10 Å². The molecule has 6 heteroatoms. The van der Waals surface area contributed by atoms with Crippen LogP contribution < -0.4 is 0 Å². The van der Waals surface area contributed by atoms with E-state index in [0.29, 0.717) is 19.3 Å². The standard InChI is InChI=1S/C64H116O6/c1-4-7-10-13-16-19-22-25-28-30-32-34-36-39-42-45-48-51-54-57-63(66)69-60-61(59-68-62(65)56-53-50-47-44-41-38-35-27-24-21-18-15-12-9-6-3)70-64(67)58-55-52-49-46-43-40-37-33-31-29-26-23-20-17-14-11-8-5-2/h16,19,25,27-29,31,35,61H,4-15,17-18,20-24,26,30,32-34,36-60H2,1-3H3/b19-16-,28-25-,31-29-,35-27-. The van der Waals surface area contributed by atoms with E-state index in [-0.39, 0.29) is 31.1 Å². The van der Waals surface area contributed by atoms with Crippen LogP contribution >= 0.6 is 0 Å². The van der Waals surface area contributed by atoms with Gasteiger partial charge in [0.1, 0.15) is 13.2 Å². The average molecular weight is 982 g/mol. The molecule has 0 heterocycles. The Bertz CT molecular complexity index is 1220. The maximum absolute atomic E-state index is 12.9. The van der Waals surface area contributed by atoms with E-state index in [4.69, 9.17) is 14.2 Å². The summed E-state index contributed by atoms with van der Waals surface area (Å²) in [5.41, 5.74) is 0. The summed E-state index contributed by atoms with van der Waals surface area (Å²) in [6, 6.07) is 0. The van der Waals surface area contributed by atoms with Crippen molar-refractivity contribution in [3.63, 3.8) is 0 Å². The minimum Gasteiger partial charge on any atom is -0.462 e. The third-order valence-corrected chi connectivity index (χ3v) is 13.5. The maximum Gasteiger partial charge on any atom is 0.306 e. The lowest BCUT2D eigenvalue weighted by Crippen LogP contribution is -2.30. The molecule has 0 aromatic heterocycles. The Morgan fingerprint density at radius 3 is 0.829 bits per heavy atom. The van der Waals surface area contributed by atoms with Gasteiger partial charge in [0.05, 0.1) is 0 Å². The first kappa shape index (κ1) is 67.4. The monoisotopic (exact) mass is 981 g/mol. The molecule has 0 bridgehead atoms. The Kier molecular flexibility index (Phi) is 56.7. The number of allylic oxidation sites excluding steroid dienone is 8. The van der Waals surface area contributed by atoms with E-state index in [0.717, 1.165) is 70.6 Å². The summed E-state index contributed by atoms with van der Waals surface area (Å²) in [7, 11) is 0. The van der Waals surface area contributed by atoms with E-state index in [9.17, 15) is 14.4 Å². The van der Waals surface area contributed by atoms with Gasteiger partial charge < -0.3 is 14.2 Å². The van der Waals surface area contributed by atoms with Crippen molar-refractivity contribution < 1.29 is 28.6 Å². The highest BCUT2D eigenvalue weighted by Crippen LogP contribution is 2.16. The van der Waals surface area contributed by atoms with Gasteiger partial charge in [-0.3, -0.25) is 14.4 Å². The second kappa shape index (κ2) is 58.9. The SMILES string of the molecule is CCCCC/C=C\C/C=C\CCCCCCCCCCCC(=O)OCC(COC(=O)CCCCCCC/C=C\CCCCCCCC)OC(=O)CCCCCCCCC/C=C\CCCCCCCCC. The molecule has 0 saturated carbocycles. The van der Waals surface area contributed by atoms with Crippen molar-refractivity contribution in [1.29, 1.82) is 0 Å². The van der Waals surface area contributed by atoms with Gasteiger partial charge in [0.25, 0.3) is 0 Å². The fraction of sp³-hybridized carbons (Fsp3) is 0.828. The van der Waals surface area contributed by atoms with Crippen molar-refractivity contribution in [3.8, 4) is 0 Å². The number of carbonyl (C=O) groups excluding carboxylic acids is 3. The molecule has 6 nitrogen and oxygen atoms in total. The van der Waals surface area contributed by atoms with Crippen LogP contribution in [0.5, 0.6) is 0 Å². The summed E-state index contributed by atoms with van der Waals surface area (Å²) < 4.78 is 16.9. The number of ether oxygens (including phenoxy) is 3. The Labute approximate surface area is 435 Å². The van der Waals surface area contributed by atoms with Gasteiger partial charge in [-0.2, -0.15) is 0 Å². The summed E-state index contributed by atoms with van der Waals surface area (Å²) in [6.45, 7) is 6.63. The van der Waals surface area contributed by atoms with Gasteiger partial charge in [-0.05, 0) is 103 Å². The van der Waals surface area contributed by atoms with Crippen molar-refractivity contribution in [2.75, 3.05) is 13.2 Å². The molecule has 0 rings (SSSR count). The summed E-state index contributed by atoms with van der Waals surface area (Å²) >= 11 is 0. The molecule has 0 spiro atoms. The quantitative estimate of drug-likeness (QED) is 0.0261. The number of unbranched alkanes of at least 4 members (excludes halogenated alkanes) is 37. The fourth-order valence-corrected chi connectivity index (χ4v) is 8.88. The van der Waals surface area contributed by atoms with Crippen molar-refractivity contribution in [1.82, 2.24) is 0 Å². The molecule has 0 aromatic carbocycles. The summed E-state index contributed by atoms with van der Waals surface area (Å²) in [5, 5.41) is 0. The predicted octanol–water partition coefficient (Wildman–Crippen LogP) is 20.6. The number of esters is 3. The molecule has 0 aliphatic heterocycles. The molecular formula is C64H116O6. The first-order valence-electron chi connectivity index (χ1n) is 30.6. The molecule has 0 aromatic rings. The molecule has 408 valence electrons. The molecule has 0 aliphatic carbocycles. The molecular weight excluding hydrogens is 865 g/mol. The minimum absolute atomic E-state index is 0.0778. The number of hydrogen-bond donors (Lipinski definition) is 0. The van der Waals surface area contributed by atoms with Crippen molar-refractivity contribution in [2.24, 2.45) is 0 Å². The van der Waals surface area contributed by atoms with Gasteiger partial charge in [-0.15, -0.1) is 0 Å². The predicted molar refractivity (Wildman–Crippen MR) is 302 cm³/mol. The van der Waals surface area contributed by atoms with Gasteiger partial charge in [0.15, 0.2) is 6.10 Å². The van der Waals surface area contributed by atoms with Crippen LogP contribution in [0, 0.1) is 0 Å². The zero-order valence-electron chi connectivity index (χ0n) is 46.8. The Morgan fingerprint density at radius 1 is 0.286 bits per heavy atom. The first-order chi connectivity index (χ1) is 34.5. The summed E-state index contributed by atoms with van der Waals surface area (Å²) in [5.74, 6) is -0.878. The Balaban J connectivity index is 4.37. The van der Waals surface area contributed by atoms with Gasteiger partial charge in [0, 0.05) is 19.3 Å². The third kappa shape index (κ3) is 56.3. The van der Waals surface area contributed by atoms with Gasteiger partial charge in [-0.25, -0.2) is 0 Å². The van der Waals surface area contributed by atoms with Gasteiger partial charge in [-0.1, -0.05) is 249 Å². The van der Waals surface area contributed by atoms with Crippen molar-refractivity contribution >= 4 is 17.9 Å². The van der Waals surface area contributed by atoms with Crippen LogP contribution in [0.25, 0.3) is 0 Å². The second-order valence-corrected chi connectivity index (χ2v) is 20.6. The molecule has 0 fully saturated rings. The third-order valence-electron chi connectivity index (χ3n) is 13.5. The lowest BCUT2D eigenvalue weighted by molar-refractivity contribution is -0.167. The van der Waals surface area contributed by atoms with Crippen LogP contribution in [0.2, 0.25) is 0 Å². The van der Waals surface area contributed by atoms with E-state index in [2.05, 4.69) is 69.4 Å².